The number of benzene rings is 1. The van der Waals surface area contributed by atoms with Gasteiger partial charge in [-0.2, -0.15) is 5.10 Å². The summed E-state index contributed by atoms with van der Waals surface area (Å²) in [6.45, 7) is 1.85. The van der Waals surface area contributed by atoms with Gasteiger partial charge in [-0.1, -0.05) is 18.2 Å². The minimum absolute atomic E-state index is 0.143. The van der Waals surface area contributed by atoms with Crippen LogP contribution < -0.4 is 10.1 Å². The molecule has 0 bridgehead atoms. The molecule has 29 heavy (non-hydrogen) atoms. The third-order valence-corrected chi connectivity index (χ3v) is 4.76. The van der Waals surface area contributed by atoms with E-state index in [1.165, 1.54) is 0 Å². The Hall–Kier alpha value is -3.68. The molecule has 0 radical (unpaired) electrons. The maximum atomic E-state index is 12.9. The smallest absolute Gasteiger partial charge is 0.272 e. The highest BCUT2D eigenvalue weighted by Crippen LogP contribution is 2.19. The van der Waals surface area contributed by atoms with E-state index < -0.39 is 0 Å². The van der Waals surface area contributed by atoms with Gasteiger partial charge in [-0.3, -0.25) is 19.3 Å². The van der Waals surface area contributed by atoms with Crippen molar-refractivity contribution in [3.63, 3.8) is 0 Å². The van der Waals surface area contributed by atoms with Crippen LogP contribution in [-0.2, 0) is 19.6 Å². The fourth-order valence-electron chi connectivity index (χ4n) is 3.26. The van der Waals surface area contributed by atoms with Gasteiger partial charge in [0, 0.05) is 25.4 Å². The number of aromatic nitrogens is 3. The van der Waals surface area contributed by atoms with Gasteiger partial charge >= 0.3 is 0 Å². The fraction of sp³-hybridized carbons (Fsp3) is 0.238. The molecule has 0 saturated carbocycles. The first-order chi connectivity index (χ1) is 14.1. The minimum atomic E-state index is -0.329. The van der Waals surface area contributed by atoms with Crippen molar-refractivity contribution in [1.82, 2.24) is 25.0 Å². The summed E-state index contributed by atoms with van der Waals surface area (Å²) in [4.78, 5) is 31.2. The number of rotatable bonds is 6. The number of fused-ring (bicyclic) bond motifs is 1. The molecule has 0 aliphatic carbocycles. The summed E-state index contributed by atoms with van der Waals surface area (Å²) in [6, 6.07) is 14.7. The summed E-state index contributed by atoms with van der Waals surface area (Å²) in [5.41, 5.74) is 2.39. The molecule has 3 aromatic rings. The van der Waals surface area contributed by atoms with E-state index >= 15 is 0 Å². The van der Waals surface area contributed by atoms with Crippen molar-refractivity contribution in [3.05, 3.63) is 77.4 Å². The van der Waals surface area contributed by atoms with Gasteiger partial charge in [-0.25, -0.2) is 0 Å². The highest BCUT2D eigenvalue weighted by Gasteiger charge is 2.28. The molecule has 3 heterocycles. The summed E-state index contributed by atoms with van der Waals surface area (Å²) in [5.74, 6) is 0.281. The van der Waals surface area contributed by atoms with E-state index in [-0.39, 0.29) is 17.5 Å². The van der Waals surface area contributed by atoms with Crippen molar-refractivity contribution in [2.24, 2.45) is 0 Å². The molecule has 1 aromatic carbocycles. The quantitative estimate of drug-likeness (QED) is 0.693. The number of nitrogens with zero attached hydrogens (tertiary/aromatic N) is 4. The zero-order valence-corrected chi connectivity index (χ0v) is 16.0. The number of carbonyl (C=O) groups is 2. The van der Waals surface area contributed by atoms with Crippen LogP contribution in [0.5, 0.6) is 5.75 Å². The molecule has 0 atom stereocenters. The van der Waals surface area contributed by atoms with E-state index in [9.17, 15) is 9.59 Å². The molecule has 0 spiro atoms. The average Bonchev–Trinajstić information content (AvgIpc) is 3.20. The van der Waals surface area contributed by atoms with Crippen LogP contribution in [0, 0.1) is 0 Å². The number of hydrogen-bond acceptors (Lipinski definition) is 5. The number of ether oxygens (including phenoxy) is 1. The molecule has 1 aliphatic heterocycles. The van der Waals surface area contributed by atoms with Gasteiger partial charge in [0.1, 0.15) is 11.4 Å². The van der Waals surface area contributed by atoms with Crippen LogP contribution >= 0.6 is 0 Å². The molecule has 8 nitrogen and oxygen atoms in total. The van der Waals surface area contributed by atoms with Crippen molar-refractivity contribution in [3.8, 4) is 5.75 Å². The van der Waals surface area contributed by atoms with Crippen LogP contribution in [0.3, 0.4) is 0 Å². The molecule has 4 rings (SSSR count). The first-order valence-corrected chi connectivity index (χ1v) is 9.32. The second-order valence-corrected chi connectivity index (χ2v) is 6.72. The van der Waals surface area contributed by atoms with E-state index in [1.807, 2.05) is 42.5 Å². The first kappa shape index (κ1) is 18.7. The predicted molar refractivity (Wildman–Crippen MR) is 105 cm³/mol. The third kappa shape index (κ3) is 4.11. The number of pyridine rings is 1. The van der Waals surface area contributed by atoms with Crippen molar-refractivity contribution in [2.75, 3.05) is 13.7 Å². The lowest BCUT2D eigenvalue weighted by atomic mass is 10.1. The first-order valence-electron chi connectivity index (χ1n) is 9.32. The molecule has 0 fully saturated rings. The predicted octanol–water partition coefficient (Wildman–Crippen LogP) is 1.87. The summed E-state index contributed by atoms with van der Waals surface area (Å²) < 4.78 is 6.84. The summed E-state index contributed by atoms with van der Waals surface area (Å²) in [6.07, 6.45) is 1.67. The van der Waals surface area contributed by atoms with Gasteiger partial charge in [0.15, 0.2) is 5.69 Å². The Morgan fingerprint density at radius 1 is 1.17 bits per heavy atom. The lowest BCUT2D eigenvalue weighted by molar-refractivity contribution is 0.0683. The number of hydrogen-bond donors (Lipinski definition) is 1. The van der Waals surface area contributed by atoms with E-state index in [0.29, 0.717) is 31.9 Å². The van der Waals surface area contributed by atoms with Crippen molar-refractivity contribution in [1.29, 1.82) is 0 Å². The van der Waals surface area contributed by atoms with Crippen LogP contribution in [-0.4, -0.2) is 45.1 Å². The summed E-state index contributed by atoms with van der Waals surface area (Å²) in [5, 5.41) is 7.09. The number of methoxy groups -OCH3 is 1. The molecule has 148 valence electrons. The van der Waals surface area contributed by atoms with Gasteiger partial charge in [-0.15, -0.1) is 0 Å². The number of nitrogens with one attached hydrogen (secondary N) is 1. The molecule has 1 N–H and O–H groups in total. The van der Waals surface area contributed by atoms with E-state index in [2.05, 4.69) is 15.4 Å². The molecule has 0 unspecified atom stereocenters. The number of amides is 2. The maximum absolute atomic E-state index is 12.9. The summed E-state index contributed by atoms with van der Waals surface area (Å²) in [7, 11) is 1.62. The minimum Gasteiger partial charge on any atom is -0.497 e. The van der Waals surface area contributed by atoms with Gasteiger partial charge in [0.25, 0.3) is 11.8 Å². The summed E-state index contributed by atoms with van der Waals surface area (Å²) >= 11 is 0. The van der Waals surface area contributed by atoms with Gasteiger partial charge in [0.05, 0.1) is 25.9 Å². The molecular weight excluding hydrogens is 370 g/mol. The Morgan fingerprint density at radius 3 is 2.86 bits per heavy atom. The van der Waals surface area contributed by atoms with Crippen molar-refractivity contribution < 1.29 is 14.3 Å². The van der Waals surface area contributed by atoms with Crippen LogP contribution in [0.15, 0.2) is 54.7 Å². The second-order valence-electron chi connectivity index (χ2n) is 6.72. The molecule has 2 amide bonds. The van der Waals surface area contributed by atoms with E-state index in [0.717, 1.165) is 17.0 Å². The monoisotopic (exact) mass is 391 g/mol. The zero-order chi connectivity index (χ0) is 20.2. The largest absolute Gasteiger partial charge is 0.497 e. The molecule has 8 heteroatoms. The zero-order valence-electron chi connectivity index (χ0n) is 16.0. The van der Waals surface area contributed by atoms with Crippen molar-refractivity contribution >= 4 is 11.8 Å². The van der Waals surface area contributed by atoms with Crippen molar-refractivity contribution in [2.45, 2.75) is 19.6 Å². The SMILES string of the molecule is COc1cccc(CN2CCn3nc(C(=O)NCc4ccccn4)cc3C2=O)c1. The van der Waals surface area contributed by atoms with E-state index in [1.54, 1.807) is 29.0 Å². The highest BCUT2D eigenvalue weighted by atomic mass is 16.5. The average molecular weight is 391 g/mol. The standard InChI is InChI=1S/C21H21N5O3/c1-29-17-7-4-5-15(11-17)14-25-9-10-26-19(21(25)28)12-18(24-26)20(27)23-13-16-6-2-3-8-22-16/h2-8,11-12H,9-10,13-14H2,1H3,(H,23,27). The Bertz CT molecular complexity index is 1030. The van der Waals surface area contributed by atoms with E-state index in [4.69, 9.17) is 4.74 Å². The molecular formula is C21H21N5O3. The van der Waals surface area contributed by atoms with Crippen LogP contribution in [0.1, 0.15) is 32.2 Å². The second kappa shape index (κ2) is 8.14. The van der Waals surface area contributed by atoms with Gasteiger partial charge in [-0.05, 0) is 29.8 Å². The Balaban J connectivity index is 1.44. The maximum Gasteiger partial charge on any atom is 0.272 e. The Morgan fingerprint density at radius 2 is 2.07 bits per heavy atom. The highest BCUT2D eigenvalue weighted by molar-refractivity contribution is 5.98. The fourth-order valence-corrected chi connectivity index (χ4v) is 3.26. The molecule has 2 aromatic heterocycles. The number of carbonyl (C=O) groups excluding carboxylic acids is 2. The molecule has 1 aliphatic rings. The van der Waals surface area contributed by atoms with Gasteiger partial charge < -0.3 is 15.0 Å². The normalized spacial score (nSPS) is 13.1. The topological polar surface area (TPSA) is 89.3 Å². The molecule has 0 saturated heterocycles. The Labute approximate surface area is 168 Å². The van der Waals surface area contributed by atoms with Crippen LogP contribution in [0.4, 0.5) is 0 Å². The van der Waals surface area contributed by atoms with Crippen LogP contribution in [0.2, 0.25) is 0 Å². The Kier molecular flexibility index (Phi) is 5.24. The lowest BCUT2D eigenvalue weighted by Gasteiger charge is -2.27. The lowest BCUT2D eigenvalue weighted by Crippen LogP contribution is -2.39. The third-order valence-electron chi connectivity index (χ3n) is 4.76. The van der Waals surface area contributed by atoms with Gasteiger partial charge in [0.2, 0.25) is 0 Å². The van der Waals surface area contributed by atoms with Crippen LogP contribution in [0.25, 0.3) is 0 Å².